The minimum atomic E-state index is -0.707. The normalized spacial score (nSPS) is 29.7. The van der Waals surface area contributed by atoms with Crippen molar-refractivity contribution in [3.63, 3.8) is 0 Å². The van der Waals surface area contributed by atoms with Crippen LogP contribution < -0.4 is 21.9 Å². The van der Waals surface area contributed by atoms with E-state index in [1.807, 2.05) is 65.2 Å². The van der Waals surface area contributed by atoms with Gasteiger partial charge in [-0.2, -0.15) is 9.97 Å². The van der Waals surface area contributed by atoms with Gasteiger partial charge in [0.05, 0.1) is 11.1 Å². The Balaban J connectivity index is 1.15. The van der Waals surface area contributed by atoms with Crippen molar-refractivity contribution in [1.82, 2.24) is 19.5 Å². The van der Waals surface area contributed by atoms with Gasteiger partial charge in [-0.05, 0) is 127 Å². The van der Waals surface area contributed by atoms with Gasteiger partial charge >= 0.3 is 0 Å². The SMILES string of the molecule is [B]c1c(O)c([B])c2c3c(O)c4c(c([B])c3n(-c3nc(-c5ccccc5)nc(-c5cccc(-c6ccccc6)c5)n3)c2c1[B])C1(OC42CC3CC(CC)CC2C3)C2CC3CC(C2)CC1C3. The molecule has 2 N–H and O–H groups in total. The number of fused-ring (bicyclic) bond motifs is 8. The molecule has 7 aromatic rings. The lowest BCUT2D eigenvalue weighted by atomic mass is 9.47. The molecule has 6 fully saturated rings. The Labute approximate surface area is 379 Å². The Morgan fingerprint density at radius 3 is 1.88 bits per heavy atom. The first-order valence-corrected chi connectivity index (χ1v) is 23.4. The molecule has 2 spiro atoms. The summed E-state index contributed by atoms with van der Waals surface area (Å²) >= 11 is 0. The van der Waals surface area contributed by atoms with Gasteiger partial charge in [-0.1, -0.05) is 109 Å². The van der Waals surface area contributed by atoms with Crippen molar-refractivity contribution in [3.8, 4) is 51.3 Å². The number of phenolic OH excluding ortho intramolecular Hbond substituents is 2. The van der Waals surface area contributed by atoms with E-state index in [0.29, 0.717) is 62.6 Å². The molecule has 8 radical (unpaired) electrons. The first-order chi connectivity index (χ1) is 31.1. The fourth-order valence-electron chi connectivity index (χ4n) is 14.7. The first-order valence-electron chi connectivity index (χ1n) is 23.4. The van der Waals surface area contributed by atoms with Crippen molar-refractivity contribution in [2.75, 3.05) is 0 Å². The largest absolute Gasteiger partial charge is 0.509 e. The third kappa shape index (κ3) is 5.22. The molecule has 64 heavy (non-hydrogen) atoms. The summed E-state index contributed by atoms with van der Waals surface area (Å²) in [4.78, 5) is 15.6. The van der Waals surface area contributed by atoms with Gasteiger partial charge in [0.15, 0.2) is 11.6 Å². The van der Waals surface area contributed by atoms with E-state index in [0.717, 1.165) is 84.7 Å². The van der Waals surface area contributed by atoms with Gasteiger partial charge in [0.2, 0.25) is 5.95 Å². The van der Waals surface area contributed by atoms with Crippen molar-refractivity contribution >= 4 is 75.0 Å². The summed E-state index contributed by atoms with van der Waals surface area (Å²) in [6.07, 6.45) is 10.9. The molecule has 6 saturated carbocycles. The number of phenols is 2. The topological polar surface area (TPSA) is 93.3 Å². The maximum absolute atomic E-state index is 13.5. The molecule has 308 valence electrons. The predicted molar refractivity (Wildman–Crippen MR) is 256 cm³/mol. The summed E-state index contributed by atoms with van der Waals surface area (Å²) in [5.41, 5.74) is 5.44. The average molecular weight is 830 g/mol. The Hall–Kier alpha value is -5.27. The van der Waals surface area contributed by atoms with Crippen LogP contribution in [0.1, 0.15) is 82.3 Å². The lowest BCUT2D eigenvalue weighted by molar-refractivity contribution is -0.259. The van der Waals surface area contributed by atoms with E-state index in [9.17, 15) is 10.2 Å². The van der Waals surface area contributed by atoms with Gasteiger partial charge in [0.25, 0.3) is 0 Å². The van der Waals surface area contributed by atoms with E-state index in [4.69, 9.17) is 51.1 Å². The second-order valence-corrected chi connectivity index (χ2v) is 20.3. The highest BCUT2D eigenvalue weighted by atomic mass is 16.5. The maximum Gasteiger partial charge on any atom is 0.238 e. The number of rotatable bonds is 5. The van der Waals surface area contributed by atoms with E-state index >= 15 is 0 Å². The number of hydrogen-bond acceptors (Lipinski definition) is 6. The lowest BCUT2D eigenvalue weighted by Crippen LogP contribution is -2.57. The summed E-state index contributed by atoms with van der Waals surface area (Å²) in [7, 11) is 28.6. The molecule has 14 rings (SSSR count). The zero-order valence-corrected chi connectivity index (χ0v) is 36.1. The Morgan fingerprint density at radius 1 is 0.578 bits per heavy atom. The van der Waals surface area contributed by atoms with Gasteiger partial charge < -0.3 is 14.9 Å². The van der Waals surface area contributed by atoms with E-state index in [2.05, 4.69) is 31.2 Å². The minimum absolute atomic E-state index is 0.00161. The van der Waals surface area contributed by atoms with E-state index in [1.165, 1.54) is 12.8 Å². The van der Waals surface area contributed by atoms with Crippen molar-refractivity contribution in [2.24, 2.45) is 41.4 Å². The highest BCUT2D eigenvalue weighted by Crippen LogP contribution is 2.73. The van der Waals surface area contributed by atoms with Gasteiger partial charge in [-0.15, -0.1) is 0 Å². The third-order valence-corrected chi connectivity index (χ3v) is 17.1. The van der Waals surface area contributed by atoms with E-state index in [-0.39, 0.29) is 51.6 Å². The van der Waals surface area contributed by atoms with Gasteiger partial charge in [0.1, 0.15) is 48.5 Å². The molecular weight excluding hydrogens is 784 g/mol. The standard InChI is InChI=1S/C53H46B4N4O3/c1-2-26-16-29-23-34(18-26)52(25-29)40-39(53(64-52)35-19-27-17-28(21-35)22-36(53)20-27)42(55)46-38(47(40)62)37-41(54)48(63)44(57)43(56)45(37)61(46)51-59-49(31-12-7-4-8-13-31)58-50(60-51)33-15-9-14-32(24-33)30-10-5-3-6-11-30/h3-15,24,26-29,34-36,62-63H,2,16-23,25H2,1H3. The van der Waals surface area contributed by atoms with Crippen LogP contribution in [0.2, 0.25) is 0 Å². The van der Waals surface area contributed by atoms with Crippen LogP contribution in [0.15, 0.2) is 84.9 Å². The van der Waals surface area contributed by atoms with Crippen molar-refractivity contribution in [3.05, 3.63) is 96.1 Å². The van der Waals surface area contributed by atoms with Gasteiger partial charge in [-0.25, -0.2) is 4.98 Å². The van der Waals surface area contributed by atoms with E-state index in [1.54, 1.807) is 0 Å². The zero-order chi connectivity index (χ0) is 43.4. The minimum Gasteiger partial charge on any atom is -0.509 e. The second kappa shape index (κ2) is 13.9. The lowest BCUT2D eigenvalue weighted by Gasteiger charge is -2.60. The van der Waals surface area contributed by atoms with Gasteiger partial charge in [0, 0.05) is 33.0 Å². The first kappa shape index (κ1) is 39.1. The molecule has 2 aromatic heterocycles. The van der Waals surface area contributed by atoms with Crippen LogP contribution in [0.25, 0.3) is 61.7 Å². The van der Waals surface area contributed by atoms with Crippen LogP contribution in [-0.4, -0.2) is 61.1 Å². The van der Waals surface area contributed by atoms with E-state index < -0.39 is 11.2 Å². The number of benzene rings is 5. The number of nitrogens with zero attached hydrogens (tertiary/aromatic N) is 4. The highest BCUT2D eigenvalue weighted by molar-refractivity contribution is 6.59. The molecule has 7 nitrogen and oxygen atoms in total. The van der Waals surface area contributed by atoms with Crippen LogP contribution in [0.5, 0.6) is 11.5 Å². The summed E-state index contributed by atoms with van der Waals surface area (Å²) < 4.78 is 9.92. The van der Waals surface area contributed by atoms with Crippen LogP contribution >= 0.6 is 0 Å². The van der Waals surface area contributed by atoms with Crippen LogP contribution in [0.3, 0.4) is 0 Å². The average Bonchev–Trinajstić information content (AvgIpc) is 3.94. The highest BCUT2D eigenvalue weighted by Gasteiger charge is 2.70. The summed E-state index contributed by atoms with van der Waals surface area (Å²) in [5, 5.41) is 25.9. The molecule has 4 unspecified atom stereocenters. The van der Waals surface area contributed by atoms with Crippen LogP contribution in [-0.2, 0) is 15.9 Å². The fourth-order valence-corrected chi connectivity index (χ4v) is 14.7. The number of aromatic hydroxyl groups is 2. The molecule has 0 saturated heterocycles. The predicted octanol–water partition coefficient (Wildman–Crippen LogP) is 7.28. The molecule has 3 heterocycles. The maximum atomic E-state index is 13.5. The Bertz CT molecular complexity index is 3070. The summed E-state index contributed by atoms with van der Waals surface area (Å²) in [6.45, 7) is 2.31. The van der Waals surface area contributed by atoms with Crippen molar-refractivity contribution in [2.45, 2.75) is 82.3 Å². The third-order valence-electron chi connectivity index (χ3n) is 17.1. The Kier molecular flexibility index (Phi) is 8.48. The molecule has 11 heteroatoms. The monoisotopic (exact) mass is 830 g/mol. The molecular formula is C53H46B4N4O3. The Morgan fingerprint density at radius 2 is 1.19 bits per heavy atom. The molecule has 6 bridgehead atoms. The van der Waals surface area contributed by atoms with Crippen molar-refractivity contribution < 1.29 is 14.9 Å². The molecule has 7 aliphatic rings. The molecule has 5 aromatic carbocycles. The van der Waals surface area contributed by atoms with Crippen LogP contribution in [0, 0.1) is 41.4 Å². The van der Waals surface area contributed by atoms with Crippen molar-refractivity contribution in [1.29, 1.82) is 0 Å². The number of hydrogen-bond donors (Lipinski definition) is 2. The second-order valence-electron chi connectivity index (χ2n) is 20.3. The fraction of sp³-hybridized carbons (Fsp3) is 0.377. The van der Waals surface area contributed by atoms with Crippen LogP contribution in [0.4, 0.5) is 0 Å². The quantitative estimate of drug-likeness (QED) is 0.177. The molecule has 1 aliphatic heterocycles. The summed E-state index contributed by atoms with van der Waals surface area (Å²) in [6, 6.07) is 28.2. The number of aromatic nitrogens is 4. The van der Waals surface area contributed by atoms with Gasteiger partial charge in [-0.3, -0.25) is 4.57 Å². The molecule has 6 aliphatic carbocycles. The summed E-state index contributed by atoms with van der Waals surface area (Å²) in [5.74, 6) is 4.11. The smallest absolute Gasteiger partial charge is 0.238 e. The molecule has 4 atom stereocenters. The molecule has 0 amide bonds. The number of ether oxygens (including phenoxy) is 1. The zero-order valence-electron chi connectivity index (χ0n) is 36.1.